The molecule has 0 aliphatic carbocycles. The van der Waals surface area contributed by atoms with Crippen molar-refractivity contribution in [3.05, 3.63) is 51.9 Å². The molecule has 1 saturated heterocycles. The van der Waals surface area contributed by atoms with Crippen LogP contribution in [-0.4, -0.2) is 34.6 Å². The molecule has 2 aromatic rings. The van der Waals surface area contributed by atoms with Crippen molar-refractivity contribution in [2.75, 3.05) is 19.7 Å². The third-order valence-electron chi connectivity index (χ3n) is 3.69. The van der Waals surface area contributed by atoms with Gasteiger partial charge in [0.2, 0.25) is 5.88 Å². The zero-order valence-corrected chi connectivity index (χ0v) is 13.8. The van der Waals surface area contributed by atoms with Gasteiger partial charge in [0.05, 0.1) is 19.0 Å². The number of ether oxygens (including phenoxy) is 1. The largest absolute Gasteiger partial charge is 0.476 e. The zero-order valence-electron chi connectivity index (χ0n) is 12.3. The van der Waals surface area contributed by atoms with E-state index in [9.17, 15) is 0 Å². The Morgan fingerprint density at radius 2 is 2.09 bits per heavy atom. The number of hydrogen-bond donors (Lipinski definition) is 0. The van der Waals surface area contributed by atoms with E-state index in [1.54, 1.807) is 6.20 Å². The molecule has 1 aliphatic rings. The maximum absolute atomic E-state index is 6.27. The molecule has 0 atom stereocenters. The molecule has 22 heavy (non-hydrogen) atoms. The standard InChI is InChI=1S/C16H17Cl2N3O/c1-11-2-3-13(14(17)4-11)9-21-7-12(8-21)10-22-16-6-19-5-15(18)20-16/h2-6,12H,7-10H2,1H3. The molecule has 0 bridgehead atoms. The van der Waals surface area contributed by atoms with Crippen LogP contribution >= 0.6 is 23.2 Å². The van der Waals surface area contributed by atoms with E-state index in [2.05, 4.69) is 27.0 Å². The second kappa shape index (κ2) is 6.82. The molecular weight excluding hydrogens is 321 g/mol. The Kier molecular flexibility index (Phi) is 4.81. The Hall–Kier alpha value is -1.36. The molecule has 1 aromatic heterocycles. The van der Waals surface area contributed by atoms with Crippen LogP contribution in [0.25, 0.3) is 0 Å². The molecule has 1 aromatic carbocycles. The Morgan fingerprint density at radius 3 is 2.82 bits per heavy atom. The van der Waals surface area contributed by atoms with Gasteiger partial charge in [-0.1, -0.05) is 35.3 Å². The first-order chi connectivity index (χ1) is 10.6. The van der Waals surface area contributed by atoms with E-state index in [4.69, 9.17) is 27.9 Å². The Bertz CT molecular complexity index is 660. The van der Waals surface area contributed by atoms with Gasteiger partial charge in [0, 0.05) is 30.6 Å². The summed E-state index contributed by atoms with van der Waals surface area (Å²) >= 11 is 12.0. The zero-order chi connectivity index (χ0) is 15.5. The molecule has 1 fully saturated rings. The smallest absolute Gasteiger partial charge is 0.233 e. The van der Waals surface area contributed by atoms with Crippen LogP contribution in [0.3, 0.4) is 0 Å². The first kappa shape index (κ1) is 15.5. The van der Waals surface area contributed by atoms with Gasteiger partial charge in [-0.05, 0) is 24.1 Å². The van der Waals surface area contributed by atoms with Crippen LogP contribution in [0, 0.1) is 12.8 Å². The van der Waals surface area contributed by atoms with Gasteiger partial charge in [-0.15, -0.1) is 0 Å². The predicted molar refractivity (Wildman–Crippen MR) is 87.5 cm³/mol. The summed E-state index contributed by atoms with van der Waals surface area (Å²) in [5, 5.41) is 1.19. The molecule has 4 nitrogen and oxygen atoms in total. The van der Waals surface area contributed by atoms with E-state index in [0.717, 1.165) is 24.7 Å². The highest BCUT2D eigenvalue weighted by molar-refractivity contribution is 6.31. The maximum Gasteiger partial charge on any atom is 0.233 e. The first-order valence-electron chi connectivity index (χ1n) is 7.18. The van der Waals surface area contributed by atoms with Gasteiger partial charge in [0.15, 0.2) is 5.15 Å². The average Bonchev–Trinajstić information content (AvgIpc) is 2.43. The fourth-order valence-corrected chi connectivity index (χ4v) is 2.97. The lowest BCUT2D eigenvalue weighted by molar-refractivity contribution is 0.0543. The van der Waals surface area contributed by atoms with Crippen molar-refractivity contribution in [1.82, 2.24) is 14.9 Å². The number of halogens is 2. The Morgan fingerprint density at radius 1 is 1.27 bits per heavy atom. The summed E-state index contributed by atoms with van der Waals surface area (Å²) in [5.41, 5.74) is 2.36. The summed E-state index contributed by atoms with van der Waals surface area (Å²) in [4.78, 5) is 10.4. The van der Waals surface area contributed by atoms with Gasteiger partial charge in [0.25, 0.3) is 0 Å². The van der Waals surface area contributed by atoms with Crippen molar-refractivity contribution in [3.8, 4) is 5.88 Å². The number of benzene rings is 1. The van der Waals surface area contributed by atoms with Crippen LogP contribution in [0.15, 0.2) is 30.6 Å². The highest BCUT2D eigenvalue weighted by atomic mass is 35.5. The van der Waals surface area contributed by atoms with Gasteiger partial charge < -0.3 is 4.74 Å². The lowest BCUT2D eigenvalue weighted by Crippen LogP contribution is -2.48. The van der Waals surface area contributed by atoms with E-state index in [0.29, 0.717) is 23.6 Å². The second-order valence-electron chi connectivity index (χ2n) is 5.65. The van der Waals surface area contributed by atoms with E-state index >= 15 is 0 Å². The van der Waals surface area contributed by atoms with Gasteiger partial charge in [0.1, 0.15) is 0 Å². The summed E-state index contributed by atoms with van der Waals surface area (Å²) in [5.74, 6) is 0.984. The number of aryl methyl sites for hydroxylation is 1. The number of rotatable bonds is 5. The van der Waals surface area contributed by atoms with Crippen molar-refractivity contribution in [3.63, 3.8) is 0 Å². The number of likely N-dealkylation sites (tertiary alicyclic amines) is 1. The number of hydrogen-bond acceptors (Lipinski definition) is 4. The van der Waals surface area contributed by atoms with Crippen LogP contribution in [0.1, 0.15) is 11.1 Å². The lowest BCUT2D eigenvalue weighted by Gasteiger charge is -2.39. The van der Waals surface area contributed by atoms with Crippen LogP contribution in [-0.2, 0) is 6.54 Å². The van der Waals surface area contributed by atoms with Gasteiger partial charge in [-0.3, -0.25) is 9.88 Å². The van der Waals surface area contributed by atoms with Crippen molar-refractivity contribution < 1.29 is 4.74 Å². The van der Waals surface area contributed by atoms with Crippen LogP contribution in [0.5, 0.6) is 5.88 Å². The molecule has 2 heterocycles. The molecule has 0 saturated carbocycles. The minimum Gasteiger partial charge on any atom is -0.476 e. The van der Waals surface area contributed by atoms with Crippen LogP contribution < -0.4 is 4.74 Å². The Balaban J connectivity index is 1.44. The van der Waals surface area contributed by atoms with Crippen molar-refractivity contribution in [1.29, 1.82) is 0 Å². The van der Waals surface area contributed by atoms with Gasteiger partial charge in [-0.2, -0.15) is 4.98 Å². The monoisotopic (exact) mass is 337 g/mol. The van der Waals surface area contributed by atoms with Crippen LogP contribution in [0.4, 0.5) is 0 Å². The summed E-state index contributed by atoms with van der Waals surface area (Å²) in [6, 6.07) is 6.21. The third kappa shape index (κ3) is 3.88. The molecule has 0 unspecified atom stereocenters. The summed E-state index contributed by atoms with van der Waals surface area (Å²) in [6.07, 6.45) is 3.07. The fourth-order valence-electron chi connectivity index (χ4n) is 2.53. The van der Waals surface area contributed by atoms with E-state index < -0.39 is 0 Å². The summed E-state index contributed by atoms with van der Waals surface area (Å²) < 4.78 is 5.62. The normalized spacial score (nSPS) is 15.6. The second-order valence-corrected chi connectivity index (χ2v) is 6.44. The first-order valence-corrected chi connectivity index (χ1v) is 7.93. The average molecular weight is 338 g/mol. The van der Waals surface area contributed by atoms with Crippen molar-refractivity contribution >= 4 is 23.2 Å². The van der Waals surface area contributed by atoms with E-state index in [-0.39, 0.29) is 0 Å². The molecule has 116 valence electrons. The molecule has 6 heteroatoms. The van der Waals surface area contributed by atoms with Crippen LogP contribution in [0.2, 0.25) is 10.2 Å². The molecule has 1 aliphatic heterocycles. The molecule has 0 spiro atoms. The molecule has 0 amide bonds. The lowest BCUT2D eigenvalue weighted by atomic mass is 10.00. The van der Waals surface area contributed by atoms with E-state index in [1.807, 2.05) is 13.0 Å². The predicted octanol–water partition coefficient (Wildman–Crippen LogP) is 3.60. The molecule has 3 rings (SSSR count). The van der Waals surface area contributed by atoms with Crippen molar-refractivity contribution in [2.24, 2.45) is 5.92 Å². The SMILES string of the molecule is Cc1ccc(CN2CC(COc3cncc(Cl)n3)C2)c(Cl)c1. The molecule has 0 N–H and O–H groups in total. The fraction of sp³-hybridized carbons (Fsp3) is 0.375. The summed E-state index contributed by atoms with van der Waals surface area (Å²) in [7, 11) is 0. The third-order valence-corrected chi connectivity index (χ3v) is 4.22. The Labute approximate surface area is 140 Å². The summed E-state index contributed by atoms with van der Waals surface area (Å²) in [6.45, 7) is 5.56. The number of aromatic nitrogens is 2. The van der Waals surface area contributed by atoms with E-state index in [1.165, 1.54) is 17.3 Å². The van der Waals surface area contributed by atoms with Crippen molar-refractivity contribution in [2.45, 2.75) is 13.5 Å². The minimum atomic E-state index is 0.349. The van der Waals surface area contributed by atoms with Gasteiger partial charge >= 0.3 is 0 Å². The maximum atomic E-state index is 6.27. The highest BCUT2D eigenvalue weighted by Gasteiger charge is 2.27. The minimum absolute atomic E-state index is 0.349. The highest BCUT2D eigenvalue weighted by Crippen LogP contribution is 2.24. The molecular formula is C16H17Cl2N3O. The topological polar surface area (TPSA) is 38.2 Å². The van der Waals surface area contributed by atoms with Gasteiger partial charge in [-0.25, -0.2) is 0 Å². The quantitative estimate of drug-likeness (QED) is 0.835. The number of nitrogens with zero attached hydrogens (tertiary/aromatic N) is 3. The molecule has 0 radical (unpaired) electrons.